The first-order chi connectivity index (χ1) is 8.58. The molecule has 1 aromatic carbocycles. The molecule has 0 bridgehead atoms. The number of ether oxygens (including phenoxy) is 1. The second-order valence-corrected chi connectivity index (χ2v) is 4.39. The van der Waals surface area contributed by atoms with E-state index in [1.165, 1.54) is 0 Å². The Morgan fingerprint density at radius 2 is 2.00 bits per heavy atom. The molecule has 0 aliphatic heterocycles. The second kappa shape index (κ2) is 5.14. The van der Waals surface area contributed by atoms with E-state index in [0.717, 1.165) is 0 Å². The lowest BCUT2D eigenvalue weighted by Gasteiger charge is -2.06. The minimum atomic E-state index is -0.456. The number of nitrogens with zero attached hydrogens (tertiary/aromatic N) is 2. The third-order valence-corrected chi connectivity index (χ3v) is 2.73. The van der Waals surface area contributed by atoms with Crippen molar-refractivity contribution in [3.05, 3.63) is 56.7 Å². The molecule has 0 atom stereocenters. The van der Waals surface area contributed by atoms with Crippen molar-refractivity contribution in [3.8, 4) is 11.6 Å². The summed E-state index contributed by atoms with van der Waals surface area (Å²) in [6.45, 7) is 1.67. The lowest BCUT2D eigenvalue weighted by molar-refractivity contribution is -0.386. The van der Waals surface area contributed by atoms with Crippen molar-refractivity contribution in [2.24, 2.45) is 0 Å². The SMILES string of the molecule is Cc1cccc(Oc2cccc(Br)n2)c1[N+](=O)[O-]. The van der Waals surface area contributed by atoms with Crippen molar-refractivity contribution in [1.29, 1.82) is 0 Å². The summed E-state index contributed by atoms with van der Waals surface area (Å²) in [5, 5.41) is 11.0. The molecule has 0 radical (unpaired) electrons. The van der Waals surface area contributed by atoms with Crippen LogP contribution in [0, 0.1) is 17.0 Å². The summed E-state index contributed by atoms with van der Waals surface area (Å²) in [7, 11) is 0. The fourth-order valence-corrected chi connectivity index (χ4v) is 1.83. The summed E-state index contributed by atoms with van der Waals surface area (Å²) in [6.07, 6.45) is 0. The highest BCUT2D eigenvalue weighted by molar-refractivity contribution is 9.10. The molecule has 5 nitrogen and oxygen atoms in total. The van der Waals surface area contributed by atoms with Crippen LogP contribution in [0.5, 0.6) is 11.6 Å². The van der Waals surface area contributed by atoms with Gasteiger partial charge in [0.1, 0.15) is 4.60 Å². The molecule has 1 aromatic heterocycles. The summed E-state index contributed by atoms with van der Waals surface area (Å²) in [4.78, 5) is 14.6. The van der Waals surface area contributed by atoms with Gasteiger partial charge in [-0.1, -0.05) is 18.2 Å². The Kier molecular flexibility index (Phi) is 3.57. The van der Waals surface area contributed by atoms with Gasteiger partial charge in [-0.05, 0) is 35.0 Å². The molecular formula is C12H9BrN2O3. The smallest absolute Gasteiger partial charge is 0.314 e. The molecule has 0 fully saturated rings. The van der Waals surface area contributed by atoms with E-state index >= 15 is 0 Å². The molecular weight excluding hydrogens is 300 g/mol. The van der Waals surface area contributed by atoms with Gasteiger partial charge in [0.15, 0.2) is 0 Å². The Balaban J connectivity index is 2.40. The largest absolute Gasteiger partial charge is 0.432 e. The number of halogens is 1. The van der Waals surface area contributed by atoms with E-state index in [2.05, 4.69) is 20.9 Å². The number of rotatable bonds is 3. The van der Waals surface area contributed by atoms with Crippen molar-refractivity contribution < 1.29 is 9.66 Å². The van der Waals surface area contributed by atoms with Gasteiger partial charge in [0.05, 0.1) is 4.92 Å². The van der Waals surface area contributed by atoms with Gasteiger partial charge < -0.3 is 4.74 Å². The Morgan fingerprint density at radius 1 is 1.28 bits per heavy atom. The molecule has 0 spiro atoms. The van der Waals surface area contributed by atoms with E-state index in [1.54, 1.807) is 43.3 Å². The summed E-state index contributed by atoms with van der Waals surface area (Å²) in [6, 6.07) is 10.0. The molecule has 0 saturated carbocycles. The van der Waals surface area contributed by atoms with Gasteiger partial charge in [-0.2, -0.15) is 0 Å². The molecule has 0 aliphatic rings. The van der Waals surface area contributed by atoms with Crippen molar-refractivity contribution in [3.63, 3.8) is 0 Å². The van der Waals surface area contributed by atoms with E-state index in [-0.39, 0.29) is 11.4 Å². The highest BCUT2D eigenvalue weighted by Gasteiger charge is 2.18. The van der Waals surface area contributed by atoms with Crippen LogP contribution in [0.15, 0.2) is 41.0 Å². The molecule has 0 unspecified atom stereocenters. The fraction of sp³-hybridized carbons (Fsp3) is 0.0833. The highest BCUT2D eigenvalue weighted by atomic mass is 79.9. The summed E-state index contributed by atoms with van der Waals surface area (Å²) in [5.74, 6) is 0.490. The maximum absolute atomic E-state index is 11.0. The van der Waals surface area contributed by atoms with Crippen molar-refractivity contribution >= 4 is 21.6 Å². The van der Waals surface area contributed by atoms with Gasteiger partial charge in [-0.3, -0.25) is 10.1 Å². The number of aromatic nitrogens is 1. The lowest BCUT2D eigenvalue weighted by atomic mass is 10.2. The van der Waals surface area contributed by atoms with Crippen LogP contribution < -0.4 is 4.74 Å². The molecule has 1 heterocycles. The minimum absolute atomic E-state index is 0.0423. The maximum Gasteiger partial charge on any atom is 0.314 e. The van der Waals surface area contributed by atoms with Crippen LogP contribution in [0.3, 0.4) is 0 Å². The van der Waals surface area contributed by atoms with Gasteiger partial charge >= 0.3 is 5.69 Å². The highest BCUT2D eigenvalue weighted by Crippen LogP contribution is 2.33. The molecule has 2 rings (SSSR count). The summed E-state index contributed by atoms with van der Waals surface area (Å²) in [5.41, 5.74) is 0.506. The zero-order chi connectivity index (χ0) is 13.1. The van der Waals surface area contributed by atoms with Gasteiger partial charge in [-0.25, -0.2) is 4.98 Å². The zero-order valence-electron chi connectivity index (χ0n) is 9.46. The quantitative estimate of drug-likeness (QED) is 0.490. The molecule has 92 valence electrons. The monoisotopic (exact) mass is 308 g/mol. The van der Waals surface area contributed by atoms with Crippen LogP contribution in [-0.2, 0) is 0 Å². The molecule has 18 heavy (non-hydrogen) atoms. The lowest BCUT2D eigenvalue weighted by Crippen LogP contribution is -1.96. The Bertz CT molecular complexity index is 602. The normalized spacial score (nSPS) is 10.1. The van der Waals surface area contributed by atoms with E-state index < -0.39 is 4.92 Å². The molecule has 0 N–H and O–H groups in total. The summed E-state index contributed by atoms with van der Waals surface area (Å²) < 4.78 is 6.06. The topological polar surface area (TPSA) is 65.3 Å². The average molecular weight is 309 g/mol. The number of pyridine rings is 1. The van der Waals surface area contributed by atoms with Crippen molar-refractivity contribution in [1.82, 2.24) is 4.98 Å². The van der Waals surface area contributed by atoms with Gasteiger partial charge in [0, 0.05) is 11.6 Å². The Hall–Kier alpha value is -1.95. The molecule has 2 aromatic rings. The third kappa shape index (κ3) is 2.65. The van der Waals surface area contributed by atoms with Crippen LogP contribution in [0.1, 0.15) is 5.56 Å². The molecule has 6 heteroatoms. The first-order valence-electron chi connectivity index (χ1n) is 5.12. The predicted octanol–water partition coefficient (Wildman–Crippen LogP) is 3.85. The van der Waals surface area contributed by atoms with Gasteiger partial charge in [0.2, 0.25) is 11.6 Å². The first-order valence-corrected chi connectivity index (χ1v) is 5.91. The second-order valence-electron chi connectivity index (χ2n) is 3.58. The van der Waals surface area contributed by atoms with Crippen LogP contribution in [0.2, 0.25) is 0 Å². The first kappa shape index (κ1) is 12.5. The fourth-order valence-electron chi connectivity index (χ4n) is 1.51. The van der Waals surface area contributed by atoms with Crippen LogP contribution >= 0.6 is 15.9 Å². The van der Waals surface area contributed by atoms with E-state index in [4.69, 9.17) is 4.74 Å². The molecule has 0 aliphatic carbocycles. The van der Waals surface area contributed by atoms with Crippen molar-refractivity contribution in [2.45, 2.75) is 6.92 Å². The van der Waals surface area contributed by atoms with Crippen LogP contribution in [0.25, 0.3) is 0 Å². The maximum atomic E-state index is 11.0. The number of aryl methyl sites for hydroxylation is 1. The van der Waals surface area contributed by atoms with E-state index in [9.17, 15) is 10.1 Å². The van der Waals surface area contributed by atoms with E-state index in [0.29, 0.717) is 16.0 Å². The number of hydrogen-bond acceptors (Lipinski definition) is 4. The standard InChI is InChI=1S/C12H9BrN2O3/c1-8-4-2-5-9(12(8)15(16)17)18-11-7-3-6-10(13)14-11/h2-7H,1H3. The third-order valence-electron chi connectivity index (χ3n) is 2.29. The Labute approximate surface area is 112 Å². The van der Waals surface area contributed by atoms with Crippen molar-refractivity contribution in [2.75, 3.05) is 0 Å². The minimum Gasteiger partial charge on any atom is -0.432 e. The number of benzene rings is 1. The summed E-state index contributed by atoms with van der Waals surface area (Å²) >= 11 is 3.21. The number of nitro benzene ring substituents is 1. The van der Waals surface area contributed by atoms with Gasteiger partial charge in [-0.15, -0.1) is 0 Å². The van der Waals surface area contributed by atoms with Crippen LogP contribution in [0.4, 0.5) is 5.69 Å². The average Bonchev–Trinajstić information content (AvgIpc) is 2.28. The van der Waals surface area contributed by atoms with Crippen LogP contribution in [-0.4, -0.2) is 9.91 Å². The zero-order valence-corrected chi connectivity index (χ0v) is 11.0. The van der Waals surface area contributed by atoms with E-state index in [1.807, 2.05) is 0 Å². The molecule has 0 amide bonds. The number of hydrogen-bond donors (Lipinski definition) is 0. The number of para-hydroxylation sites is 1. The Morgan fingerprint density at radius 3 is 2.67 bits per heavy atom. The molecule has 0 saturated heterocycles. The predicted molar refractivity (Wildman–Crippen MR) is 69.8 cm³/mol. The number of nitro groups is 1. The van der Waals surface area contributed by atoms with Gasteiger partial charge in [0.25, 0.3) is 0 Å².